The summed E-state index contributed by atoms with van der Waals surface area (Å²) in [7, 11) is -1.17. The number of rotatable bonds is 5. The summed E-state index contributed by atoms with van der Waals surface area (Å²) in [6, 6.07) is 0. The second-order valence-electron chi connectivity index (χ2n) is 7.23. The van der Waals surface area contributed by atoms with Gasteiger partial charge >= 0.3 is 0 Å². The lowest BCUT2D eigenvalue weighted by atomic mass is 9.99. The van der Waals surface area contributed by atoms with Gasteiger partial charge in [-0.25, -0.2) is 0 Å². The molecule has 0 unspecified atom stereocenters. The Morgan fingerprint density at radius 3 is 1.74 bits per heavy atom. The standard InChI is InChI=1S/C18H34Si/c1-3-4-11-16-19(2,17-12-7-5-8-13-17)18-14-9-6-10-15-18/h11,16-18H,3-10,12-15H2,1-2H3/b16-11+. The summed E-state index contributed by atoms with van der Waals surface area (Å²) >= 11 is 0. The third-order valence-corrected chi connectivity index (χ3v) is 11.5. The van der Waals surface area contributed by atoms with E-state index in [1.54, 1.807) is 25.7 Å². The van der Waals surface area contributed by atoms with E-state index in [9.17, 15) is 0 Å². The molecule has 2 aliphatic rings. The second kappa shape index (κ2) is 7.66. The lowest BCUT2D eigenvalue weighted by Crippen LogP contribution is -2.41. The summed E-state index contributed by atoms with van der Waals surface area (Å²) in [5.74, 6) is 0. The molecule has 2 saturated carbocycles. The van der Waals surface area contributed by atoms with Gasteiger partial charge in [0.1, 0.15) is 0 Å². The summed E-state index contributed by atoms with van der Waals surface area (Å²) in [5.41, 5.74) is 5.01. The molecule has 0 aliphatic heterocycles. The van der Waals surface area contributed by atoms with Crippen LogP contribution < -0.4 is 0 Å². The molecular weight excluding hydrogens is 244 g/mol. The molecule has 0 radical (unpaired) electrons. The van der Waals surface area contributed by atoms with Crippen LogP contribution in [0.1, 0.15) is 84.0 Å². The Morgan fingerprint density at radius 1 is 0.842 bits per heavy atom. The van der Waals surface area contributed by atoms with Crippen LogP contribution in [0.3, 0.4) is 0 Å². The molecule has 0 spiro atoms. The quantitative estimate of drug-likeness (QED) is 0.495. The van der Waals surface area contributed by atoms with Crippen molar-refractivity contribution in [1.29, 1.82) is 0 Å². The molecule has 2 fully saturated rings. The Kier molecular flexibility index (Phi) is 6.19. The molecule has 2 aliphatic carbocycles. The number of unbranched alkanes of at least 4 members (excludes halogenated alkanes) is 1. The van der Waals surface area contributed by atoms with Crippen LogP contribution in [0.25, 0.3) is 0 Å². The normalized spacial score (nSPS) is 24.1. The molecule has 1 heteroatoms. The van der Waals surface area contributed by atoms with Gasteiger partial charge in [0.15, 0.2) is 0 Å². The van der Waals surface area contributed by atoms with Crippen LogP contribution in [0.15, 0.2) is 11.8 Å². The molecule has 0 aromatic rings. The lowest BCUT2D eigenvalue weighted by molar-refractivity contribution is 0.456. The third kappa shape index (κ3) is 3.97. The molecule has 2 rings (SSSR count). The van der Waals surface area contributed by atoms with Crippen molar-refractivity contribution in [1.82, 2.24) is 0 Å². The zero-order chi connectivity index (χ0) is 13.6. The Bertz CT molecular complexity index is 251. The molecule has 0 bridgehead atoms. The highest BCUT2D eigenvalue weighted by molar-refractivity contribution is 6.86. The van der Waals surface area contributed by atoms with E-state index in [1.165, 1.54) is 51.4 Å². The van der Waals surface area contributed by atoms with E-state index in [1.807, 2.05) is 0 Å². The topological polar surface area (TPSA) is 0 Å². The van der Waals surface area contributed by atoms with Crippen molar-refractivity contribution >= 4 is 8.07 Å². The van der Waals surface area contributed by atoms with Gasteiger partial charge in [-0.1, -0.05) is 95.9 Å². The van der Waals surface area contributed by atoms with Crippen LogP contribution in [0, 0.1) is 0 Å². The van der Waals surface area contributed by atoms with E-state index in [0.29, 0.717) is 0 Å². The van der Waals surface area contributed by atoms with Gasteiger partial charge in [0.2, 0.25) is 0 Å². The Balaban J connectivity index is 2.09. The Labute approximate surface area is 122 Å². The van der Waals surface area contributed by atoms with Crippen LogP contribution in [-0.2, 0) is 0 Å². The average molecular weight is 279 g/mol. The SMILES string of the molecule is CCC/C=C/[Si](C)(C1CCCCC1)C1CCCCC1. The first-order chi connectivity index (χ1) is 9.27. The minimum atomic E-state index is -1.17. The molecule has 0 N–H and O–H groups in total. The van der Waals surface area contributed by atoms with E-state index in [4.69, 9.17) is 0 Å². The molecule has 0 nitrogen and oxygen atoms in total. The van der Waals surface area contributed by atoms with Gasteiger partial charge in [0, 0.05) is 0 Å². The molecule has 0 saturated heterocycles. The van der Waals surface area contributed by atoms with Gasteiger partial charge < -0.3 is 0 Å². The highest BCUT2D eigenvalue weighted by Crippen LogP contribution is 2.48. The number of hydrogen-bond acceptors (Lipinski definition) is 0. The maximum atomic E-state index is 2.79. The zero-order valence-corrected chi connectivity index (χ0v) is 14.3. The molecule has 0 heterocycles. The van der Waals surface area contributed by atoms with Crippen molar-refractivity contribution in [2.45, 2.75) is 102 Å². The predicted octanol–water partition coefficient (Wildman–Crippen LogP) is 6.63. The van der Waals surface area contributed by atoms with Crippen molar-refractivity contribution in [2.75, 3.05) is 0 Å². The maximum absolute atomic E-state index is 2.79. The fourth-order valence-electron chi connectivity index (χ4n) is 4.56. The monoisotopic (exact) mass is 278 g/mol. The first kappa shape index (κ1) is 15.3. The van der Waals surface area contributed by atoms with Gasteiger partial charge in [-0.05, 0) is 17.5 Å². The molecule has 19 heavy (non-hydrogen) atoms. The minimum absolute atomic E-state index is 1.11. The lowest BCUT2D eigenvalue weighted by Gasteiger charge is -2.43. The first-order valence-corrected chi connectivity index (χ1v) is 11.7. The van der Waals surface area contributed by atoms with Crippen molar-refractivity contribution < 1.29 is 0 Å². The van der Waals surface area contributed by atoms with Crippen LogP contribution >= 0.6 is 0 Å². The van der Waals surface area contributed by atoms with Gasteiger partial charge in [-0.2, -0.15) is 0 Å². The van der Waals surface area contributed by atoms with Crippen LogP contribution in [-0.4, -0.2) is 8.07 Å². The fraction of sp³-hybridized carbons (Fsp3) is 0.889. The largest absolute Gasteiger partial charge is 0.0978 e. The second-order valence-corrected chi connectivity index (χ2v) is 11.9. The summed E-state index contributed by atoms with van der Waals surface area (Å²) < 4.78 is 0. The molecular formula is C18H34Si. The number of allylic oxidation sites excluding steroid dienone is 1. The van der Waals surface area contributed by atoms with E-state index in [2.05, 4.69) is 25.2 Å². The molecule has 0 aromatic carbocycles. The Morgan fingerprint density at radius 2 is 1.32 bits per heavy atom. The third-order valence-electron chi connectivity index (χ3n) is 5.90. The summed E-state index contributed by atoms with van der Waals surface area (Å²) in [6.07, 6.45) is 20.5. The summed E-state index contributed by atoms with van der Waals surface area (Å²) in [5, 5.41) is 0. The van der Waals surface area contributed by atoms with Gasteiger partial charge in [-0.3, -0.25) is 0 Å². The first-order valence-electron chi connectivity index (χ1n) is 8.95. The minimum Gasteiger partial charge on any atom is -0.0978 e. The van der Waals surface area contributed by atoms with Crippen molar-refractivity contribution in [3.8, 4) is 0 Å². The van der Waals surface area contributed by atoms with Crippen molar-refractivity contribution in [3.63, 3.8) is 0 Å². The smallest absolute Gasteiger partial charge is 0.0804 e. The molecule has 0 aromatic heterocycles. The van der Waals surface area contributed by atoms with E-state index >= 15 is 0 Å². The van der Waals surface area contributed by atoms with E-state index in [0.717, 1.165) is 11.1 Å². The van der Waals surface area contributed by atoms with Crippen molar-refractivity contribution in [3.05, 3.63) is 11.8 Å². The molecule has 0 atom stereocenters. The van der Waals surface area contributed by atoms with Gasteiger partial charge in [0.25, 0.3) is 0 Å². The van der Waals surface area contributed by atoms with Gasteiger partial charge in [-0.15, -0.1) is 0 Å². The molecule has 110 valence electrons. The maximum Gasteiger partial charge on any atom is 0.0804 e. The fourth-order valence-corrected chi connectivity index (χ4v) is 9.75. The summed E-state index contributed by atoms with van der Waals surface area (Å²) in [4.78, 5) is 0. The number of hydrogen-bond donors (Lipinski definition) is 0. The Hall–Kier alpha value is -0.0431. The highest BCUT2D eigenvalue weighted by atomic mass is 28.3. The van der Waals surface area contributed by atoms with Crippen LogP contribution in [0.2, 0.25) is 17.6 Å². The average Bonchev–Trinajstić information content (AvgIpc) is 2.49. The van der Waals surface area contributed by atoms with Crippen LogP contribution in [0.5, 0.6) is 0 Å². The zero-order valence-electron chi connectivity index (χ0n) is 13.3. The highest BCUT2D eigenvalue weighted by Gasteiger charge is 2.41. The summed E-state index contributed by atoms with van der Waals surface area (Å²) in [6.45, 7) is 5.05. The van der Waals surface area contributed by atoms with Crippen molar-refractivity contribution in [2.24, 2.45) is 0 Å². The molecule has 0 amide bonds. The van der Waals surface area contributed by atoms with Crippen LogP contribution in [0.4, 0.5) is 0 Å². The van der Waals surface area contributed by atoms with Gasteiger partial charge in [0.05, 0.1) is 8.07 Å². The predicted molar refractivity (Wildman–Crippen MR) is 89.3 cm³/mol. The van der Waals surface area contributed by atoms with E-state index in [-0.39, 0.29) is 0 Å². The van der Waals surface area contributed by atoms with E-state index < -0.39 is 8.07 Å².